The molecule has 104 valence electrons. The number of hydrogen-bond donors (Lipinski definition) is 1. The molecule has 0 saturated carbocycles. The Balaban J connectivity index is 1.92. The van der Waals surface area contributed by atoms with Gasteiger partial charge in [0.25, 0.3) is 0 Å². The van der Waals surface area contributed by atoms with E-state index in [1.54, 1.807) is 18.2 Å². The van der Waals surface area contributed by atoms with Crippen molar-refractivity contribution in [2.75, 3.05) is 26.2 Å². The Morgan fingerprint density at radius 1 is 1.26 bits per heavy atom. The molecular weight excluding hydrogens is 285 g/mol. The number of aliphatic hydroxyl groups excluding tert-OH is 1. The number of carbonyl (C=O) groups excluding carboxylic acids is 1. The van der Waals surface area contributed by atoms with Crippen LogP contribution in [0.25, 0.3) is 0 Å². The maximum Gasteiger partial charge on any atom is 0.176 e. The summed E-state index contributed by atoms with van der Waals surface area (Å²) in [5, 5.41) is 9.95. The summed E-state index contributed by atoms with van der Waals surface area (Å²) in [5.74, 6) is 0.442. The molecule has 1 N–H and O–H groups in total. The van der Waals surface area contributed by atoms with Gasteiger partial charge in [-0.3, -0.25) is 9.69 Å². The highest BCUT2D eigenvalue weighted by molar-refractivity contribution is 6.42. The lowest BCUT2D eigenvalue weighted by molar-refractivity contribution is 0.0864. The molecule has 1 heterocycles. The number of piperidine rings is 1. The summed E-state index contributed by atoms with van der Waals surface area (Å²) in [5.41, 5.74) is 0.596. The highest BCUT2D eigenvalue weighted by atomic mass is 35.5. The Hall–Kier alpha value is -0.610. The highest BCUT2D eigenvalue weighted by Crippen LogP contribution is 2.23. The van der Waals surface area contributed by atoms with Gasteiger partial charge in [0.2, 0.25) is 0 Å². The molecule has 0 aliphatic carbocycles. The molecule has 0 spiro atoms. The van der Waals surface area contributed by atoms with Crippen molar-refractivity contribution in [3.63, 3.8) is 0 Å². The normalized spacial score (nSPS) is 17.6. The number of rotatable bonds is 4. The third kappa shape index (κ3) is 3.93. The van der Waals surface area contributed by atoms with E-state index >= 15 is 0 Å². The topological polar surface area (TPSA) is 40.5 Å². The first kappa shape index (κ1) is 14.8. The maximum absolute atomic E-state index is 12.1. The van der Waals surface area contributed by atoms with E-state index in [-0.39, 0.29) is 12.4 Å². The predicted molar refractivity (Wildman–Crippen MR) is 77.0 cm³/mol. The lowest BCUT2D eigenvalue weighted by Crippen LogP contribution is -2.38. The molecule has 0 bridgehead atoms. The van der Waals surface area contributed by atoms with Crippen LogP contribution in [0.5, 0.6) is 0 Å². The Labute approximate surface area is 123 Å². The second-order valence-corrected chi connectivity index (χ2v) is 5.77. The van der Waals surface area contributed by atoms with Gasteiger partial charge in [0.1, 0.15) is 0 Å². The minimum Gasteiger partial charge on any atom is -0.396 e. The van der Waals surface area contributed by atoms with Gasteiger partial charge < -0.3 is 5.11 Å². The van der Waals surface area contributed by atoms with Crippen LogP contribution >= 0.6 is 23.2 Å². The van der Waals surface area contributed by atoms with Crippen molar-refractivity contribution in [1.29, 1.82) is 0 Å². The molecule has 1 saturated heterocycles. The summed E-state index contributed by atoms with van der Waals surface area (Å²) in [6.07, 6.45) is 1.90. The highest BCUT2D eigenvalue weighted by Gasteiger charge is 2.20. The maximum atomic E-state index is 12.1. The number of benzene rings is 1. The summed E-state index contributed by atoms with van der Waals surface area (Å²) in [7, 11) is 0. The standard InChI is InChI=1S/C14H17Cl2NO2/c15-12-2-1-11(7-13(12)16)14(19)8-17-5-3-10(9-18)4-6-17/h1-2,7,10,18H,3-6,8-9H2. The van der Waals surface area contributed by atoms with Crippen LogP contribution in [0.4, 0.5) is 0 Å². The largest absolute Gasteiger partial charge is 0.396 e. The third-order valence-corrected chi connectivity index (χ3v) is 4.31. The fourth-order valence-corrected chi connectivity index (χ4v) is 2.59. The van der Waals surface area contributed by atoms with Gasteiger partial charge in [0, 0.05) is 12.2 Å². The molecule has 5 heteroatoms. The number of aliphatic hydroxyl groups is 1. The van der Waals surface area contributed by atoms with Crippen LogP contribution in [-0.2, 0) is 0 Å². The van der Waals surface area contributed by atoms with E-state index in [4.69, 9.17) is 28.3 Å². The predicted octanol–water partition coefficient (Wildman–Crippen LogP) is 2.88. The molecule has 0 amide bonds. The van der Waals surface area contributed by atoms with E-state index in [0.717, 1.165) is 25.9 Å². The Kier molecular flexibility index (Phi) is 5.22. The van der Waals surface area contributed by atoms with Crippen molar-refractivity contribution >= 4 is 29.0 Å². The molecule has 0 unspecified atom stereocenters. The molecule has 3 nitrogen and oxygen atoms in total. The lowest BCUT2D eigenvalue weighted by Gasteiger charge is -2.30. The molecule has 1 aromatic carbocycles. The molecule has 1 aromatic rings. The van der Waals surface area contributed by atoms with Crippen LogP contribution in [-0.4, -0.2) is 42.0 Å². The van der Waals surface area contributed by atoms with Gasteiger partial charge in [-0.15, -0.1) is 0 Å². The molecule has 0 radical (unpaired) electrons. The van der Waals surface area contributed by atoms with Gasteiger partial charge in [-0.25, -0.2) is 0 Å². The van der Waals surface area contributed by atoms with E-state index in [0.29, 0.717) is 28.1 Å². The molecule has 0 aromatic heterocycles. The zero-order valence-electron chi connectivity index (χ0n) is 10.6. The quantitative estimate of drug-likeness (QED) is 0.870. The van der Waals surface area contributed by atoms with E-state index in [9.17, 15) is 4.79 Å². The number of hydrogen-bond acceptors (Lipinski definition) is 3. The summed E-state index contributed by atoms with van der Waals surface area (Å²) in [6.45, 7) is 2.36. The summed E-state index contributed by atoms with van der Waals surface area (Å²) < 4.78 is 0. The van der Waals surface area contributed by atoms with Crippen LogP contribution in [0.3, 0.4) is 0 Å². The lowest BCUT2D eigenvalue weighted by atomic mass is 9.97. The zero-order valence-corrected chi connectivity index (χ0v) is 12.1. The fourth-order valence-electron chi connectivity index (χ4n) is 2.29. The van der Waals surface area contributed by atoms with Crippen molar-refractivity contribution in [2.45, 2.75) is 12.8 Å². The number of Topliss-reactive ketones (excluding diaryl/α,β-unsaturated/α-hetero) is 1. The first-order valence-electron chi connectivity index (χ1n) is 6.41. The van der Waals surface area contributed by atoms with Crippen molar-refractivity contribution in [3.8, 4) is 0 Å². The Morgan fingerprint density at radius 2 is 1.95 bits per heavy atom. The summed E-state index contributed by atoms with van der Waals surface area (Å²) >= 11 is 11.7. The Bertz CT molecular complexity index is 457. The monoisotopic (exact) mass is 301 g/mol. The van der Waals surface area contributed by atoms with Gasteiger partial charge in [-0.2, -0.15) is 0 Å². The second-order valence-electron chi connectivity index (χ2n) is 4.95. The number of halogens is 2. The minimum absolute atomic E-state index is 0.0565. The van der Waals surface area contributed by atoms with Crippen LogP contribution in [0.1, 0.15) is 23.2 Å². The van der Waals surface area contributed by atoms with Crippen LogP contribution in [0.15, 0.2) is 18.2 Å². The Morgan fingerprint density at radius 3 is 2.53 bits per heavy atom. The second kappa shape index (κ2) is 6.71. The van der Waals surface area contributed by atoms with E-state index < -0.39 is 0 Å². The number of carbonyl (C=O) groups is 1. The fraction of sp³-hybridized carbons (Fsp3) is 0.500. The average Bonchev–Trinajstić information content (AvgIpc) is 2.42. The molecule has 1 aliphatic heterocycles. The van der Waals surface area contributed by atoms with Crippen molar-refractivity contribution in [1.82, 2.24) is 4.90 Å². The summed E-state index contributed by atoms with van der Waals surface area (Å²) in [6, 6.07) is 4.97. The number of likely N-dealkylation sites (tertiary alicyclic amines) is 1. The first-order chi connectivity index (χ1) is 9.10. The molecule has 19 heavy (non-hydrogen) atoms. The molecule has 0 atom stereocenters. The van der Waals surface area contributed by atoms with Gasteiger partial charge >= 0.3 is 0 Å². The third-order valence-electron chi connectivity index (χ3n) is 3.57. The van der Waals surface area contributed by atoms with Crippen molar-refractivity contribution < 1.29 is 9.90 Å². The van der Waals surface area contributed by atoms with Crippen LogP contribution in [0, 0.1) is 5.92 Å². The number of nitrogens with zero attached hydrogens (tertiary/aromatic N) is 1. The first-order valence-corrected chi connectivity index (χ1v) is 7.17. The molecular formula is C14H17Cl2NO2. The van der Waals surface area contributed by atoms with Gasteiger partial charge in [0.05, 0.1) is 16.6 Å². The van der Waals surface area contributed by atoms with Gasteiger partial charge in [-0.1, -0.05) is 23.2 Å². The van der Waals surface area contributed by atoms with E-state index in [2.05, 4.69) is 4.90 Å². The van der Waals surface area contributed by atoms with Crippen LogP contribution in [0.2, 0.25) is 10.0 Å². The van der Waals surface area contributed by atoms with Crippen molar-refractivity contribution in [2.24, 2.45) is 5.92 Å². The molecule has 2 rings (SSSR count). The molecule has 1 aliphatic rings. The minimum atomic E-state index is 0.0565. The van der Waals surface area contributed by atoms with Gasteiger partial charge in [0.15, 0.2) is 5.78 Å². The zero-order chi connectivity index (χ0) is 13.8. The van der Waals surface area contributed by atoms with Crippen molar-refractivity contribution in [3.05, 3.63) is 33.8 Å². The average molecular weight is 302 g/mol. The van der Waals surface area contributed by atoms with Crippen LogP contribution < -0.4 is 0 Å². The van der Waals surface area contributed by atoms with E-state index in [1.165, 1.54) is 0 Å². The number of ketones is 1. The molecule has 1 fully saturated rings. The summed E-state index contributed by atoms with van der Waals surface area (Å²) in [4.78, 5) is 14.3. The SMILES string of the molecule is O=C(CN1CCC(CO)CC1)c1ccc(Cl)c(Cl)c1. The van der Waals surface area contributed by atoms with E-state index in [1.807, 2.05) is 0 Å². The smallest absolute Gasteiger partial charge is 0.176 e. The van der Waals surface area contributed by atoms with Gasteiger partial charge in [-0.05, 0) is 50.0 Å².